The maximum atomic E-state index is 11.4. The van der Waals surface area contributed by atoms with Crippen LogP contribution in [0.5, 0.6) is 0 Å². The van der Waals surface area contributed by atoms with Gasteiger partial charge >= 0.3 is 15.2 Å². The lowest BCUT2D eigenvalue weighted by molar-refractivity contribution is -0.695. The quantitative estimate of drug-likeness (QED) is 0.266. The van der Waals surface area contributed by atoms with E-state index in [9.17, 15) is 28.7 Å². The van der Waals surface area contributed by atoms with Gasteiger partial charge in [-0.05, 0) is 18.9 Å². The fourth-order valence-electron chi connectivity index (χ4n) is 2.54. The van der Waals surface area contributed by atoms with Gasteiger partial charge in [0.05, 0.1) is 0 Å². The van der Waals surface area contributed by atoms with Gasteiger partial charge in [-0.25, -0.2) is 4.57 Å². The Morgan fingerprint density at radius 2 is 1.58 bits per heavy atom. The zero-order valence-corrected chi connectivity index (χ0v) is 15.8. The van der Waals surface area contributed by atoms with Crippen molar-refractivity contribution in [3.63, 3.8) is 0 Å². The molecule has 0 unspecified atom stereocenters. The number of aromatic nitrogens is 1. The molecule has 0 aliphatic rings. The first-order chi connectivity index (χ1) is 11.1. The van der Waals surface area contributed by atoms with Gasteiger partial charge in [0.2, 0.25) is 5.40 Å². The molecule has 0 saturated carbocycles. The molecule has 0 amide bonds. The molecule has 1 aromatic heterocycles. The van der Waals surface area contributed by atoms with Crippen LogP contribution in [0, 0.1) is 0 Å². The fourth-order valence-corrected chi connectivity index (χ4v) is 4.91. The van der Waals surface area contributed by atoms with Crippen molar-refractivity contribution in [1.29, 1.82) is 0 Å². The Labute approximate surface area is 143 Å². The lowest BCUT2D eigenvalue weighted by atomic mass is 10.1. The van der Waals surface area contributed by atoms with E-state index in [2.05, 4.69) is 6.92 Å². The topological polar surface area (TPSA) is 119 Å². The maximum Gasteiger partial charge on any atom is 0.347 e. The monoisotopic (exact) mass is 380 g/mol. The summed E-state index contributed by atoms with van der Waals surface area (Å²) in [5.41, 5.74) is 0.989. The van der Waals surface area contributed by atoms with E-state index in [4.69, 9.17) is 0 Å². The minimum atomic E-state index is -4.90. The van der Waals surface area contributed by atoms with Crippen LogP contribution in [0.4, 0.5) is 0 Å². The Bertz CT molecular complexity index is 575. The number of hydrogen-bond acceptors (Lipinski definition) is 2. The molecule has 0 aromatic carbocycles. The fraction of sp³-hybridized carbons (Fsp3) is 0.667. The summed E-state index contributed by atoms with van der Waals surface area (Å²) in [7, 11) is -9.80. The summed E-state index contributed by atoms with van der Waals surface area (Å²) in [4.78, 5) is 36.8. The molecule has 0 saturated heterocycles. The van der Waals surface area contributed by atoms with Crippen LogP contribution < -0.4 is 4.57 Å². The minimum absolute atomic E-state index is 0.418. The minimum Gasteiger partial charge on any atom is -0.324 e. The van der Waals surface area contributed by atoms with Crippen molar-refractivity contribution in [3.8, 4) is 0 Å². The van der Waals surface area contributed by atoms with Gasteiger partial charge in [-0.15, -0.1) is 0 Å². The Kier molecular flexibility index (Phi) is 8.78. The van der Waals surface area contributed by atoms with Gasteiger partial charge in [0.15, 0.2) is 18.9 Å². The van der Waals surface area contributed by atoms with Gasteiger partial charge in [-0.1, -0.05) is 39.0 Å². The molecule has 0 radical (unpaired) electrons. The molecule has 0 aliphatic carbocycles. The molecule has 7 nitrogen and oxygen atoms in total. The first-order valence-electron chi connectivity index (χ1n) is 8.23. The second-order valence-electron chi connectivity index (χ2n) is 6.09. The standard InChI is InChI=1S/C15H27NO6P2/c1-2-3-4-5-6-7-9-14-10-8-11-16(12-14)13-15(23(17,18)19)24(20,21)22/h8,10-12,15H,2-7,9,13H2,1H3,(H3-,17,18,19,20,21,22)/p+1. The normalized spacial score (nSPS) is 12.8. The van der Waals surface area contributed by atoms with E-state index >= 15 is 0 Å². The van der Waals surface area contributed by atoms with Crippen LogP contribution in [0.15, 0.2) is 24.5 Å². The molecular weight excluding hydrogens is 352 g/mol. The van der Waals surface area contributed by atoms with Crippen molar-refractivity contribution in [1.82, 2.24) is 0 Å². The first-order valence-corrected chi connectivity index (χ1v) is 11.6. The third-order valence-corrected chi connectivity index (χ3v) is 7.57. The van der Waals surface area contributed by atoms with E-state index in [-0.39, 0.29) is 0 Å². The Morgan fingerprint density at radius 3 is 2.17 bits per heavy atom. The number of rotatable bonds is 11. The molecule has 0 fully saturated rings. The van der Waals surface area contributed by atoms with E-state index in [1.165, 1.54) is 30.3 Å². The van der Waals surface area contributed by atoms with Crippen molar-refractivity contribution in [2.45, 2.75) is 63.8 Å². The Morgan fingerprint density at radius 1 is 1.00 bits per heavy atom. The van der Waals surface area contributed by atoms with E-state index in [0.717, 1.165) is 24.8 Å². The second-order valence-corrected chi connectivity index (χ2v) is 10.1. The van der Waals surface area contributed by atoms with Gasteiger partial charge < -0.3 is 19.6 Å². The highest BCUT2D eigenvalue weighted by molar-refractivity contribution is 7.70. The Balaban J connectivity index is 2.64. The van der Waals surface area contributed by atoms with Gasteiger partial charge in [0.1, 0.15) is 0 Å². The highest BCUT2D eigenvalue weighted by atomic mass is 31.2. The van der Waals surface area contributed by atoms with Crippen LogP contribution in [0.2, 0.25) is 0 Å². The predicted octanol–water partition coefficient (Wildman–Crippen LogP) is 2.56. The van der Waals surface area contributed by atoms with Crippen LogP contribution in [0.1, 0.15) is 51.0 Å². The zero-order chi connectivity index (χ0) is 18.2. The summed E-state index contributed by atoms with van der Waals surface area (Å²) in [6.45, 7) is 1.75. The van der Waals surface area contributed by atoms with Crippen LogP contribution in [0.3, 0.4) is 0 Å². The molecule has 0 bridgehead atoms. The van der Waals surface area contributed by atoms with Crippen molar-refractivity contribution in [2.24, 2.45) is 0 Å². The zero-order valence-electron chi connectivity index (χ0n) is 14.0. The predicted molar refractivity (Wildman–Crippen MR) is 91.6 cm³/mol. The van der Waals surface area contributed by atoms with Crippen molar-refractivity contribution < 1.29 is 33.3 Å². The average molecular weight is 380 g/mol. The van der Waals surface area contributed by atoms with Gasteiger partial charge in [-0.2, -0.15) is 0 Å². The summed E-state index contributed by atoms with van der Waals surface area (Å²) >= 11 is 0. The van der Waals surface area contributed by atoms with Gasteiger partial charge in [0.25, 0.3) is 0 Å². The lowest BCUT2D eigenvalue weighted by Crippen LogP contribution is -2.39. The molecule has 1 rings (SSSR count). The first kappa shape index (κ1) is 21.5. The molecule has 9 heteroatoms. The molecule has 0 aliphatic heterocycles. The molecule has 0 atom stereocenters. The van der Waals surface area contributed by atoms with E-state index in [1.807, 2.05) is 6.07 Å². The van der Waals surface area contributed by atoms with E-state index < -0.39 is 27.1 Å². The van der Waals surface area contributed by atoms with Crippen LogP contribution in [0.25, 0.3) is 0 Å². The molecule has 138 valence electrons. The summed E-state index contributed by atoms with van der Waals surface area (Å²) in [6.07, 6.45) is 11.1. The van der Waals surface area contributed by atoms with Crippen LogP contribution in [-0.4, -0.2) is 25.0 Å². The molecule has 1 heterocycles. The molecule has 0 spiro atoms. The van der Waals surface area contributed by atoms with Crippen LogP contribution in [-0.2, 0) is 22.1 Å². The van der Waals surface area contributed by atoms with E-state index in [0.29, 0.717) is 0 Å². The average Bonchev–Trinajstić information content (AvgIpc) is 2.46. The molecule has 24 heavy (non-hydrogen) atoms. The maximum absolute atomic E-state index is 11.4. The SMILES string of the molecule is CCCCCCCCc1ccc[n+](CC(P(=O)(O)O)P(=O)(O)O)c1. The van der Waals surface area contributed by atoms with Crippen molar-refractivity contribution in [2.75, 3.05) is 0 Å². The highest BCUT2D eigenvalue weighted by Gasteiger charge is 2.46. The highest BCUT2D eigenvalue weighted by Crippen LogP contribution is 2.59. The third kappa shape index (κ3) is 8.02. The number of aryl methyl sites for hydroxylation is 1. The second kappa shape index (κ2) is 9.81. The molecule has 1 aromatic rings. The molecular formula is C15H28NO6P2+. The summed E-state index contributed by atoms with van der Waals surface area (Å²) in [5.74, 6) is 0. The lowest BCUT2D eigenvalue weighted by Gasteiger charge is -2.16. The van der Waals surface area contributed by atoms with E-state index in [1.54, 1.807) is 18.5 Å². The largest absolute Gasteiger partial charge is 0.347 e. The molecule has 4 N–H and O–H groups in total. The van der Waals surface area contributed by atoms with Crippen molar-refractivity contribution in [3.05, 3.63) is 30.1 Å². The number of hydrogen-bond donors (Lipinski definition) is 4. The number of unbranched alkanes of at least 4 members (excludes halogenated alkanes) is 5. The summed E-state index contributed by atoms with van der Waals surface area (Å²) < 4.78 is 24.1. The third-order valence-electron chi connectivity index (χ3n) is 3.89. The van der Waals surface area contributed by atoms with Crippen LogP contribution >= 0.6 is 15.2 Å². The number of pyridine rings is 1. The van der Waals surface area contributed by atoms with Gasteiger partial charge in [-0.3, -0.25) is 9.13 Å². The van der Waals surface area contributed by atoms with Crippen molar-refractivity contribution >= 4 is 15.2 Å². The van der Waals surface area contributed by atoms with Gasteiger partial charge in [0, 0.05) is 11.6 Å². The Hall–Kier alpha value is -0.550. The summed E-state index contributed by atoms with van der Waals surface area (Å²) in [5, 5.41) is -2.01. The number of nitrogens with zero attached hydrogens (tertiary/aromatic N) is 1. The smallest absolute Gasteiger partial charge is 0.324 e. The summed E-state index contributed by atoms with van der Waals surface area (Å²) in [6, 6.07) is 3.63.